The second-order valence-corrected chi connectivity index (χ2v) is 6.88. The zero-order chi connectivity index (χ0) is 16.5. The minimum absolute atomic E-state index is 0.659. The van der Waals surface area contributed by atoms with Crippen molar-refractivity contribution in [2.24, 2.45) is 9.98 Å². The zero-order valence-corrected chi connectivity index (χ0v) is 14.2. The lowest BCUT2D eigenvalue weighted by molar-refractivity contribution is 1.46. The summed E-state index contributed by atoms with van der Waals surface area (Å²) in [6, 6.07) is 22.8. The van der Waals surface area contributed by atoms with E-state index in [0.29, 0.717) is 5.84 Å². The number of thiophene rings is 1. The van der Waals surface area contributed by atoms with Crippen LogP contribution in [0.5, 0.6) is 0 Å². The first-order valence-electron chi connectivity index (χ1n) is 7.79. The van der Waals surface area contributed by atoms with Crippen LogP contribution in [0.1, 0.15) is 10.4 Å². The Kier molecular flexibility index (Phi) is 3.71. The SMILES string of the molecule is C=NC(=Nc1c(C)sc2ccc3ccccc3c12)c1ccccc1. The molecule has 0 N–H and O–H groups in total. The number of hydrogen-bond acceptors (Lipinski definition) is 2. The van der Waals surface area contributed by atoms with Crippen molar-refractivity contribution in [2.45, 2.75) is 6.92 Å². The molecule has 3 heteroatoms. The molecule has 0 bridgehead atoms. The van der Waals surface area contributed by atoms with Crippen molar-refractivity contribution in [1.29, 1.82) is 0 Å². The van der Waals surface area contributed by atoms with Crippen LogP contribution in [0.15, 0.2) is 76.7 Å². The highest BCUT2D eigenvalue weighted by atomic mass is 32.1. The molecule has 0 spiro atoms. The lowest BCUT2D eigenvalue weighted by atomic mass is 10.1. The first-order chi connectivity index (χ1) is 11.8. The Bertz CT molecular complexity index is 1080. The number of fused-ring (bicyclic) bond motifs is 3. The molecule has 0 unspecified atom stereocenters. The average Bonchev–Trinajstić information content (AvgIpc) is 2.96. The van der Waals surface area contributed by atoms with Gasteiger partial charge in [-0.15, -0.1) is 11.3 Å². The molecule has 4 aromatic rings. The highest BCUT2D eigenvalue weighted by Gasteiger charge is 2.13. The minimum atomic E-state index is 0.659. The van der Waals surface area contributed by atoms with Crippen molar-refractivity contribution in [2.75, 3.05) is 0 Å². The van der Waals surface area contributed by atoms with E-state index in [2.05, 4.69) is 55.0 Å². The monoisotopic (exact) mass is 328 g/mol. The molecule has 0 saturated heterocycles. The molecule has 0 saturated carbocycles. The van der Waals surface area contributed by atoms with E-state index in [-0.39, 0.29) is 0 Å². The van der Waals surface area contributed by atoms with Gasteiger partial charge in [0.15, 0.2) is 5.84 Å². The lowest BCUT2D eigenvalue weighted by Crippen LogP contribution is -1.95. The average molecular weight is 328 g/mol. The summed E-state index contributed by atoms with van der Waals surface area (Å²) in [5.74, 6) is 0.659. The second-order valence-electron chi connectivity index (χ2n) is 5.63. The summed E-state index contributed by atoms with van der Waals surface area (Å²) in [6.07, 6.45) is 0. The van der Waals surface area contributed by atoms with Gasteiger partial charge in [-0.2, -0.15) is 0 Å². The number of aliphatic imine (C=N–C) groups is 2. The summed E-state index contributed by atoms with van der Waals surface area (Å²) >= 11 is 1.77. The van der Waals surface area contributed by atoms with Crippen LogP contribution in [-0.2, 0) is 0 Å². The molecule has 3 aromatic carbocycles. The molecule has 0 amide bonds. The van der Waals surface area contributed by atoms with Gasteiger partial charge in [0, 0.05) is 20.5 Å². The molecule has 0 aliphatic carbocycles. The predicted molar refractivity (Wildman–Crippen MR) is 106 cm³/mol. The maximum atomic E-state index is 4.88. The van der Waals surface area contributed by atoms with Gasteiger partial charge in [0.25, 0.3) is 0 Å². The molecule has 0 fully saturated rings. The number of benzene rings is 3. The molecule has 4 rings (SSSR count). The fraction of sp³-hybridized carbons (Fsp3) is 0.0476. The first kappa shape index (κ1) is 14.8. The van der Waals surface area contributed by atoms with E-state index in [1.165, 1.54) is 25.7 Å². The summed E-state index contributed by atoms with van der Waals surface area (Å²) in [6.45, 7) is 5.83. The number of rotatable bonds is 2. The quantitative estimate of drug-likeness (QED) is 0.312. The maximum absolute atomic E-state index is 4.88. The summed E-state index contributed by atoms with van der Waals surface area (Å²) in [7, 11) is 0. The van der Waals surface area contributed by atoms with E-state index in [4.69, 9.17) is 4.99 Å². The van der Waals surface area contributed by atoms with Crippen LogP contribution in [0, 0.1) is 6.92 Å². The van der Waals surface area contributed by atoms with Crippen molar-refractivity contribution >= 4 is 50.4 Å². The smallest absolute Gasteiger partial charge is 0.159 e. The molecule has 0 aliphatic heterocycles. The molecule has 0 atom stereocenters. The van der Waals surface area contributed by atoms with Gasteiger partial charge in [-0.05, 0) is 30.5 Å². The molecule has 2 nitrogen and oxygen atoms in total. The summed E-state index contributed by atoms with van der Waals surface area (Å²) in [5.41, 5.74) is 1.98. The van der Waals surface area contributed by atoms with Crippen LogP contribution in [0.25, 0.3) is 20.9 Å². The second kappa shape index (κ2) is 6.02. The highest BCUT2D eigenvalue weighted by Crippen LogP contribution is 2.41. The van der Waals surface area contributed by atoms with Crippen LogP contribution in [0.3, 0.4) is 0 Å². The summed E-state index contributed by atoms with van der Waals surface area (Å²) < 4.78 is 1.25. The van der Waals surface area contributed by atoms with Crippen molar-refractivity contribution in [1.82, 2.24) is 0 Å². The Hall–Kier alpha value is -2.78. The molecule has 1 aromatic heterocycles. The number of hydrogen-bond donors (Lipinski definition) is 0. The minimum Gasteiger partial charge on any atom is -0.245 e. The van der Waals surface area contributed by atoms with E-state index >= 15 is 0 Å². The molecular formula is C21H16N2S. The molecule has 24 heavy (non-hydrogen) atoms. The van der Waals surface area contributed by atoms with Gasteiger partial charge in [-0.1, -0.05) is 60.7 Å². The van der Waals surface area contributed by atoms with Gasteiger partial charge in [0.05, 0.1) is 5.69 Å². The standard InChI is InChI=1S/C21H16N2S/c1-14-20(23-21(22-2)16-9-4-3-5-10-16)19-17-11-7-6-8-15(17)12-13-18(19)24-14/h3-13H,2H2,1H3. The molecule has 1 heterocycles. The Balaban J connectivity index is 2.02. The van der Waals surface area contributed by atoms with Crippen LogP contribution in [-0.4, -0.2) is 12.6 Å². The normalized spacial score (nSPS) is 12.0. The van der Waals surface area contributed by atoms with Crippen LogP contribution in [0.2, 0.25) is 0 Å². The Morgan fingerprint density at radius 1 is 0.917 bits per heavy atom. The molecule has 0 radical (unpaired) electrons. The Labute approximate surface area is 144 Å². The molecular weight excluding hydrogens is 312 g/mol. The van der Waals surface area contributed by atoms with Gasteiger partial charge in [-0.3, -0.25) is 0 Å². The van der Waals surface area contributed by atoms with Gasteiger partial charge >= 0.3 is 0 Å². The highest BCUT2D eigenvalue weighted by molar-refractivity contribution is 7.19. The van der Waals surface area contributed by atoms with Crippen LogP contribution in [0.4, 0.5) is 5.69 Å². The van der Waals surface area contributed by atoms with Crippen molar-refractivity contribution < 1.29 is 0 Å². The van der Waals surface area contributed by atoms with Gasteiger partial charge in [0.1, 0.15) is 0 Å². The third-order valence-electron chi connectivity index (χ3n) is 4.12. The number of nitrogens with zero attached hydrogens (tertiary/aromatic N) is 2. The molecule has 0 aliphatic rings. The van der Waals surface area contributed by atoms with Gasteiger partial charge in [0.2, 0.25) is 0 Å². The van der Waals surface area contributed by atoms with Crippen LogP contribution >= 0.6 is 11.3 Å². The number of amidine groups is 1. The number of aryl methyl sites for hydroxylation is 1. The first-order valence-corrected chi connectivity index (χ1v) is 8.61. The van der Waals surface area contributed by atoms with E-state index in [0.717, 1.165) is 11.3 Å². The summed E-state index contributed by atoms with van der Waals surface area (Å²) in [5, 5.41) is 3.66. The van der Waals surface area contributed by atoms with E-state index in [1.54, 1.807) is 11.3 Å². The Morgan fingerprint density at radius 2 is 1.67 bits per heavy atom. The Morgan fingerprint density at radius 3 is 2.46 bits per heavy atom. The molecule has 116 valence electrons. The van der Waals surface area contributed by atoms with Crippen molar-refractivity contribution in [3.05, 3.63) is 77.2 Å². The summed E-state index contributed by atoms with van der Waals surface area (Å²) in [4.78, 5) is 10.2. The maximum Gasteiger partial charge on any atom is 0.159 e. The predicted octanol–water partition coefficient (Wildman–Crippen LogP) is 6.14. The van der Waals surface area contributed by atoms with Crippen molar-refractivity contribution in [3.63, 3.8) is 0 Å². The third-order valence-corrected chi connectivity index (χ3v) is 5.18. The van der Waals surface area contributed by atoms with E-state index in [9.17, 15) is 0 Å². The van der Waals surface area contributed by atoms with Gasteiger partial charge < -0.3 is 0 Å². The topological polar surface area (TPSA) is 24.7 Å². The van der Waals surface area contributed by atoms with E-state index < -0.39 is 0 Å². The van der Waals surface area contributed by atoms with Crippen molar-refractivity contribution in [3.8, 4) is 0 Å². The zero-order valence-electron chi connectivity index (χ0n) is 13.4. The van der Waals surface area contributed by atoms with Gasteiger partial charge in [-0.25, -0.2) is 9.98 Å². The largest absolute Gasteiger partial charge is 0.245 e. The third kappa shape index (κ3) is 2.43. The fourth-order valence-corrected chi connectivity index (χ4v) is 4.01. The van der Waals surface area contributed by atoms with E-state index in [1.807, 2.05) is 30.3 Å². The lowest BCUT2D eigenvalue weighted by Gasteiger charge is -2.04. The van der Waals surface area contributed by atoms with Crippen LogP contribution < -0.4 is 0 Å². The fourth-order valence-electron chi connectivity index (χ4n) is 2.99.